The first-order valence-corrected chi connectivity index (χ1v) is 6.43. The lowest BCUT2D eigenvalue weighted by atomic mass is 9.48. The van der Waals surface area contributed by atoms with Crippen molar-refractivity contribution in [3.8, 4) is 0 Å². The highest BCUT2D eigenvalue weighted by molar-refractivity contribution is 5.23. The maximum absolute atomic E-state index is 5.59. The van der Waals surface area contributed by atoms with Gasteiger partial charge in [0.2, 0.25) is 0 Å². The van der Waals surface area contributed by atoms with Crippen molar-refractivity contribution in [2.75, 3.05) is 13.2 Å². The van der Waals surface area contributed by atoms with Crippen LogP contribution in [0.5, 0.6) is 0 Å². The molecule has 90 valence electrons. The molecule has 2 atom stereocenters. The van der Waals surface area contributed by atoms with Crippen LogP contribution in [0.25, 0.3) is 0 Å². The third-order valence-corrected chi connectivity index (χ3v) is 4.47. The van der Waals surface area contributed by atoms with E-state index in [2.05, 4.69) is 26.5 Å². The Labute approximate surface area is 99.6 Å². The van der Waals surface area contributed by atoms with Crippen LogP contribution < -0.4 is 0 Å². The van der Waals surface area contributed by atoms with Crippen LogP contribution in [-0.4, -0.2) is 13.2 Å². The van der Waals surface area contributed by atoms with Crippen molar-refractivity contribution in [1.29, 1.82) is 0 Å². The van der Waals surface area contributed by atoms with Gasteiger partial charge in [-0.1, -0.05) is 37.6 Å². The quantitative estimate of drug-likeness (QED) is 0.503. The molecule has 0 N–H and O–H groups in total. The van der Waals surface area contributed by atoms with Gasteiger partial charge >= 0.3 is 0 Å². The summed E-state index contributed by atoms with van der Waals surface area (Å²) >= 11 is 0. The zero-order valence-electron chi connectivity index (χ0n) is 10.9. The third kappa shape index (κ3) is 2.10. The molecule has 1 heteroatoms. The molecule has 0 spiro atoms. The van der Waals surface area contributed by atoms with Crippen LogP contribution in [0, 0.1) is 17.3 Å². The number of hydrogen-bond donors (Lipinski definition) is 0. The van der Waals surface area contributed by atoms with E-state index in [1.54, 1.807) is 5.57 Å². The van der Waals surface area contributed by atoms with Gasteiger partial charge < -0.3 is 4.74 Å². The first-order valence-electron chi connectivity index (χ1n) is 6.43. The zero-order valence-corrected chi connectivity index (χ0v) is 10.9. The van der Waals surface area contributed by atoms with E-state index in [4.69, 9.17) is 4.74 Å². The molecule has 1 saturated carbocycles. The number of fused-ring (bicyclic) bond motifs is 1. The van der Waals surface area contributed by atoms with Crippen LogP contribution in [0.1, 0.15) is 40.0 Å². The van der Waals surface area contributed by atoms with E-state index in [-0.39, 0.29) is 0 Å². The van der Waals surface area contributed by atoms with Crippen LogP contribution in [0.15, 0.2) is 23.8 Å². The van der Waals surface area contributed by atoms with Crippen molar-refractivity contribution in [3.63, 3.8) is 0 Å². The van der Waals surface area contributed by atoms with Crippen molar-refractivity contribution in [3.05, 3.63) is 23.8 Å². The molecule has 0 aromatic rings. The second-order valence-electron chi connectivity index (χ2n) is 6.08. The molecule has 16 heavy (non-hydrogen) atoms. The summed E-state index contributed by atoms with van der Waals surface area (Å²) in [6, 6.07) is 0. The number of allylic oxidation sites excluding steroid dienone is 1. The van der Waals surface area contributed by atoms with E-state index < -0.39 is 0 Å². The van der Waals surface area contributed by atoms with Crippen LogP contribution in [0.3, 0.4) is 0 Å². The molecule has 0 unspecified atom stereocenters. The van der Waals surface area contributed by atoms with E-state index in [0.717, 1.165) is 30.4 Å². The molecular weight excluding hydrogens is 196 g/mol. The minimum atomic E-state index is 0.554. The summed E-state index contributed by atoms with van der Waals surface area (Å²) in [4.78, 5) is 0. The highest BCUT2D eigenvalue weighted by Gasteiger charge is 2.50. The summed E-state index contributed by atoms with van der Waals surface area (Å²) in [5.74, 6) is 1.78. The molecule has 0 amide bonds. The number of ether oxygens (including phenoxy) is 1. The van der Waals surface area contributed by atoms with E-state index in [0.29, 0.717) is 12.0 Å². The second-order valence-corrected chi connectivity index (χ2v) is 6.08. The first-order chi connectivity index (χ1) is 7.51. The molecule has 0 aromatic heterocycles. The van der Waals surface area contributed by atoms with E-state index in [9.17, 15) is 0 Å². The van der Waals surface area contributed by atoms with Crippen molar-refractivity contribution < 1.29 is 4.74 Å². The average molecular weight is 220 g/mol. The fourth-order valence-corrected chi connectivity index (χ4v) is 3.19. The van der Waals surface area contributed by atoms with Crippen LogP contribution in [0.2, 0.25) is 0 Å². The molecule has 0 aliphatic heterocycles. The van der Waals surface area contributed by atoms with Gasteiger partial charge in [0.25, 0.3) is 0 Å². The molecule has 2 bridgehead atoms. The first kappa shape index (κ1) is 11.9. The molecule has 0 saturated heterocycles. The Balaban J connectivity index is 1.78. The smallest absolute Gasteiger partial charge is 0.0671 e. The van der Waals surface area contributed by atoms with Gasteiger partial charge in [-0.2, -0.15) is 0 Å². The van der Waals surface area contributed by atoms with Gasteiger partial charge in [-0.15, -0.1) is 0 Å². The second kappa shape index (κ2) is 4.37. The highest BCUT2D eigenvalue weighted by atomic mass is 16.5. The Morgan fingerprint density at radius 2 is 2.31 bits per heavy atom. The summed E-state index contributed by atoms with van der Waals surface area (Å²) in [5.41, 5.74) is 3.31. The van der Waals surface area contributed by atoms with Gasteiger partial charge in [-0.25, -0.2) is 0 Å². The Morgan fingerprint density at radius 1 is 1.56 bits per heavy atom. The highest BCUT2D eigenvalue weighted by Crippen LogP contribution is 2.59. The predicted octanol–water partition coefficient (Wildman–Crippen LogP) is 3.96. The Morgan fingerprint density at radius 3 is 2.88 bits per heavy atom. The Hall–Kier alpha value is -0.560. The maximum atomic E-state index is 5.59. The molecular formula is C15H24O. The zero-order chi connectivity index (χ0) is 11.8. The van der Waals surface area contributed by atoms with Crippen molar-refractivity contribution in [1.82, 2.24) is 0 Å². The predicted molar refractivity (Wildman–Crippen MR) is 68.3 cm³/mol. The monoisotopic (exact) mass is 220 g/mol. The van der Waals surface area contributed by atoms with Gasteiger partial charge in [0.15, 0.2) is 0 Å². The minimum Gasteiger partial charge on any atom is -0.377 e. The minimum absolute atomic E-state index is 0.554. The van der Waals surface area contributed by atoms with Crippen molar-refractivity contribution in [2.24, 2.45) is 17.3 Å². The van der Waals surface area contributed by atoms with Gasteiger partial charge in [0, 0.05) is 0 Å². The lowest BCUT2D eigenvalue weighted by Gasteiger charge is -2.56. The van der Waals surface area contributed by atoms with Gasteiger partial charge in [-0.3, -0.25) is 0 Å². The molecule has 0 heterocycles. The van der Waals surface area contributed by atoms with E-state index in [1.807, 2.05) is 6.92 Å². The molecule has 3 rings (SSSR count). The van der Waals surface area contributed by atoms with Gasteiger partial charge in [0.1, 0.15) is 0 Å². The van der Waals surface area contributed by atoms with Crippen molar-refractivity contribution >= 4 is 0 Å². The average Bonchev–Trinajstić information content (AvgIpc) is 2.24. The SMILES string of the molecule is C=C(C)COCCC1=CC[C@@H]2C[C@H]1C2(C)C. The topological polar surface area (TPSA) is 9.23 Å². The van der Waals surface area contributed by atoms with Crippen molar-refractivity contribution in [2.45, 2.75) is 40.0 Å². The Kier molecular flexibility index (Phi) is 3.25. The maximum Gasteiger partial charge on any atom is 0.0671 e. The lowest BCUT2D eigenvalue weighted by molar-refractivity contribution is -0.0106. The van der Waals surface area contributed by atoms with Gasteiger partial charge in [-0.05, 0) is 43.4 Å². The van der Waals surface area contributed by atoms with Crippen LogP contribution in [0.4, 0.5) is 0 Å². The molecule has 0 aromatic carbocycles. The largest absolute Gasteiger partial charge is 0.377 e. The van der Waals surface area contributed by atoms with Crippen LogP contribution in [-0.2, 0) is 4.74 Å². The third-order valence-electron chi connectivity index (χ3n) is 4.47. The fourth-order valence-electron chi connectivity index (χ4n) is 3.19. The molecule has 3 aliphatic carbocycles. The standard InChI is InChI=1S/C15H24O/c1-11(2)10-16-8-7-12-5-6-13-9-14(12)15(13,3)4/h5,13-14H,1,6-10H2,2-4H3/t13-,14-/m1/s1. The summed E-state index contributed by atoms with van der Waals surface area (Å²) in [7, 11) is 0. The normalized spacial score (nSPS) is 30.6. The molecule has 3 aliphatic rings. The number of hydrogen-bond acceptors (Lipinski definition) is 1. The van der Waals surface area contributed by atoms with E-state index >= 15 is 0 Å². The number of rotatable bonds is 5. The molecule has 1 fully saturated rings. The summed E-state index contributed by atoms with van der Waals surface area (Å²) < 4.78 is 5.59. The van der Waals surface area contributed by atoms with Gasteiger partial charge in [0.05, 0.1) is 13.2 Å². The molecule has 0 radical (unpaired) electrons. The summed E-state index contributed by atoms with van der Waals surface area (Å²) in [6.45, 7) is 12.3. The Bertz CT molecular complexity index is 311. The molecule has 1 nitrogen and oxygen atoms in total. The lowest BCUT2D eigenvalue weighted by Crippen LogP contribution is -2.48. The van der Waals surface area contributed by atoms with E-state index in [1.165, 1.54) is 12.8 Å². The fraction of sp³-hybridized carbons (Fsp3) is 0.733. The summed E-state index contributed by atoms with van der Waals surface area (Å²) in [6.07, 6.45) is 6.29. The van der Waals surface area contributed by atoms with Crippen LogP contribution >= 0.6 is 0 Å². The summed E-state index contributed by atoms with van der Waals surface area (Å²) in [5, 5.41) is 0.